The highest BCUT2D eigenvalue weighted by atomic mass is 32.1. The number of benzene rings is 4. The van der Waals surface area contributed by atoms with Crippen LogP contribution in [0.3, 0.4) is 0 Å². The predicted molar refractivity (Wildman–Crippen MR) is 197 cm³/mol. The molecule has 0 aliphatic heterocycles. The number of likely N-dealkylation sites (N-methyl/N-ethyl adjacent to an activating group) is 1. The maximum absolute atomic E-state index is 14.4. The molecule has 6 aromatic rings. The van der Waals surface area contributed by atoms with Gasteiger partial charge in [0, 0.05) is 48.2 Å². The van der Waals surface area contributed by atoms with Crippen molar-refractivity contribution in [1.29, 1.82) is 0 Å². The third-order valence-corrected chi connectivity index (χ3v) is 9.45. The van der Waals surface area contributed by atoms with Crippen LogP contribution < -0.4 is 11.2 Å². The summed E-state index contributed by atoms with van der Waals surface area (Å²) in [6, 6.07) is 30.8. The minimum absolute atomic E-state index is 0.163. The molecule has 6 rings (SSSR count). The average Bonchev–Trinajstić information content (AvgIpc) is 3.80. The fourth-order valence-corrected chi connectivity index (χ4v) is 6.88. The van der Waals surface area contributed by atoms with Crippen molar-refractivity contribution in [3.63, 3.8) is 0 Å². The lowest BCUT2D eigenvalue weighted by atomic mass is 9.99. The van der Waals surface area contributed by atoms with Crippen molar-refractivity contribution in [1.82, 2.24) is 14.9 Å². The molecule has 0 fully saturated rings. The SMILES string of the molecule is Cc1cc(C)cc(C(=O)N(C)[C@@H](Cc2ccc(-c3ccsc3)cc2)C(=O)N(N)C(=O)[C@H](Cc2c[nH]c3ccccc23)Nc2ccccc2)c1. The number of nitrogens with zero attached hydrogens (tertiary/aromatic N) is 2. The molecule has 3 amide bonds. The molecule has 0 aliphatic rings. The Morgan fingerprint density at radius 1 is 0.816 bits per heavy atom. The second-order valence-electron chi connectivity index (χ2n) is 12.4. The number of aromatic nitrogens is 1. The average molecular weight is 670 g/mol. The Hall–Kier alpha value is -5.51. The van der Waals surface area contributed by atoms with E-state index in [4.69, 9.17) is 5.84 Å². The molecule has 49 heavy (non-hydrogen) atoms. The van der Waals surface area contributed by atoms with Gasteiger partial charge < -0.3 is 15.2 Å². The molecule has 0 radical (unpaired) electrons. The first kappa shape index (κ1) is 33.4. The van der Waals surface area contributed by atoms with Crippen molar-refractivity contribution in [3.8, 4) is 11.1 Å². The number of thiophene rings is 1. The molecule has 4 aromatic carbocycles. The molecule has 2 atom stereocenters. The number of hydrogen-bond acceptors (Lipinski definition) is 6. The standard InChI is InChI=1S/C40H39N5O3S/c1-26-19-27(2)21-31(20-26)38(46)44(3)37(22-28-13-15-29(16-14-28)30-17-18-49-25-30)40(48)45(41)39(47)36(43-33-9-5-4-6-10-33)23-32-24-42-35-12-8-7-11-34(32)35/h4-21,24-25,36-37,42-43H,22-23,41H2,1-3H3/t36-,37-/m0/s1. The topological polar surface area (TPSA) is 112 Å². The number of carbonyl (C=O) groups excluding carboxylic acids is 3. The number of fused-ring (bicyclic) bond motifs is 1. The first-order chi connectivity index (χ1) is 23.7. The van der Waals surface area contributed by atoms with Gasteiger partial charge in [0.25, 0.3) is 17.7 Å². The fourth-order valence-electron chi connectivity index (χ4n) is 6.21. The Morgan fingerprint density at radius 2 is 1.51 bits per heavy atom. The molecule has 0 aliphatic carbocycles. The van der Waals surface area contributed by atoms with Crippen LogP contribution in [0.1, 0.15) is 32.6 Å². The number of hydrazine groups is 1. The van der Waals surface area contributed by atoms with E-state index in [-0.39, 0.29) is 18.7 Å². The second-order valence-corrected chi connectivity index (χ2v) is 13.2. The van der Waals surface area contributed by atoms with Crippen LogP contribution in [0.2, 0.25) is 0 Å². The van der Waals surface area contributed by atoms with Crippen LogP contribution >= 0.6 is 11.3 Å². The lowest BCUT2D eigenvalue weighted by Gasteiger charge is -2.32. The van der Waals surface area contributed by atoms with E-state index in [9.17, 15) is 14.4 Å². The first-order valence-corrected chi connectivity index (χ1v) is 17.1. The Balaban J connectivity index is 1.31. The predicted octanol–water partition coefficient (Wildman–Crippen LogP) is 7.15. The lowest BCUT2D eigenvalue weighted by Crippen LogP contribution is -2.58. The normalized spacial score (nSPS) is 12.3. The summed E-state index contributed by atoms with van der Waals surface area (Å²) in [6.45, 7) is 3.85. The molecular weight excluding hydrogens is 631 g/mol. The smallest absolute Gasteiger partial charge is 0.266 e. The third-order valence-electron chi connectivity index (χ3n) is 8.77. The molecule has 0 saturated carbocycles. The highest BCUT2D eigenvalue weighted by Gasteiger charge is 2.36. The molecule has 4 N–H and O–H groups in total. The Labute approximate surface area is 290 Å². The van der Waals surface area contributed by atoms with Crippen molar-refractivity contribution < 1.29 is 14.4 Å². The molecule has 0 bridgehead atoms. The number of imide groups is 1. The van der Waals surface area contributed by atoms with E-state index in [1.807, 2.05) is 110 Å². The molecule has 2 heterocycles. The van der Waals surface area contributed by atoms with Gasteiger partial charge in [0.15, 0.2) is 0 Å². The maximum Gasteiger partial charge on any atom is 0.266 e. The van der Waals surface area contributed by atoms with Crippen LogP contribution in [0.15, 0.2) is 120 Å². The van der Waals surface area contributed by atoms with Gasteiger partial charge in [0.1, 0.15) is 12.1 Å². The number of para-hydroxylation sites is 2. The van der Waals surface area contributed by atoms with Gasteiger partial charge in [-0.25, -0.2) is 10.9 Å². The Kier molecular flexibility index (Phi) is 10.0. The quantitative estimate of drug-likeness (QED) is 0.0771. The van der Waals surface area contributed by atoms with Gasteiger partial charge in [-0.1, -0.05) is 77.9 Å². The van der Waals surface area contributed by atoms with Crippen LogP contribution in [-0.4, -0.2) is 51.7 Å². The molecule has 0 spiro atoms. The number of nitrogens with one attached hydrogen (secondary N) is 2. The number of H-pyrrole nitrogens is 1. The van der Waals surface area contributed by atoms with E-state index in [0.717, 1.165) is 44.3 Å². The maximum atomic E-state index is 14.4. The summed E-state index contributed by atoms with van der Waals surface area (Å²) in [5.74, 6) is 4.86. The molecule has 248 valence electrons. The number of carbonyl (C=O) groups is 3. The Morgan fingerprint density at radius 3 is 2.20 bits per heavy atom. The van der Waals surface area contributed by atoms with Gasteiger partial charge in [-0.15, -0.1) is 0 Å². The van der Waals surface area contributed by atoms with E-state index in [1.165, 1.54) is 4.90 Å². The summed E-state index contributed by atoms with van der Waals surface area (Å²) in [7, 11) is 1.59. The van der Waals surface area contributed by atoms with Gasteiger partial charge in [-0.05, 0) is 83.3 Å². The van der Waals surface area contributed by atoms with Crippen LogP contribution in [0.4, 0.5) is 5.69 Å². The number of aromatic amines is 1. The minimum Gasteiger partial charge on any atom is -0.373 e. The van der Waals surface area contributed by atoms with Gasteiger partial charge in [0.2, 0.25) is 0 Å². The number of aryl methyl sites for hydroxylation is 2. The molecule has 0 unspecified atom stereocenters. The van der Waals surface area contributed by atoms with Crippen LogP contribution in [0, 0.1) is 13.8 Å². The summed E-state index contributed by atoms with van der Waals surface area (Å²) in [4.78, 5) is 47.2. The molecule has 9 heteroatoms. The van der Waals surface area contributed by atoms with Crippen molar-refractivity contribution >= 4 is 45.6 Å². The van der Waals surface area contributed by atoms with Gasteiger partial charge in [0.05, 0.1) is 0 Å². The van der Waals surface area contributed by atoms with E-state index in [2.05, 4.69) is 21.7 Å². The van der Waals surface area contributed by atoms with Crippen molar-refractivity contribution in [2.24, 2.45) is 5.84 Å². The fraction of sp³-hybridized carbons (Fsp3) is 0.175. The monoisotopic (exact) mass is 669 g/mol. The second kappa shape index (κ2) is 14.7. The van der Waals surface area contributed by atoms with Crippen LogP contribution in [0.5, 0.6) is 0 Å². The molecule has 2 aromatic heterocycles. The highest BCUT2D eigenvalue weighted by molar-refractivity contribution is 7.08. The Bertz CT molecular complexity index is 2050. The van der Waals surface area contributed by atoms with E-state index < -0.39 is 23.9 Å². The van der Waals surface area contributed by atoms with Crippen LogP contribution in [0.25, 0.3) is 22.0 Å². The summed E-state index contributed by atoms with van der Waals surface area (Å²) in [5, 5.41) is 9.06. The number of nitrogens with two attached hydrogens (primary N) is 1. The number of amides is 3. The summed E-state index contributed by atoms with van der Waals surface area (Å²) < 4.78 is 0. The lowest BCUT2D eigenvalue weighted by molar-refractivity contribution is -0.148. The summed E-state index contributed by atoms with van der Waals surface area (Å²) in [5.41, 5.74) is 7.89. The first-order valence-electron chi connectivity index (χ1n) is 16.1. The summed E-state index contributed by atoms with van der Waals surface area (Å²) >= 11 is 1.62. The number of anilines is 1. The van der Waals surface area contributed by atoms with Crippen LogP contribution in [-0.2, 0) is 22.4 Å². The van der Waals surface area contributed by atoms with Gasteiger partial charge >= 0.3 is 0 Å². The zero-order valence-corrected chi connectivity index (χ0v) is 28.5. The summed E-state index contributed by atoms with van der Waals surface area (Å²) in [6.07, 6.45) is 2.31. The van der Waals surface area contributed by atoms with Crippen molar-refractivity contribution in [2.45, 2.75) is 38.8 Å². The van der Waals surface area contributed by atoms with Crippen molar-refractivity contribution in [3.05, 3.63) is 148 Å². The van der Waals surface area contributed by atoms with E-state index in [0.29, 0.717) is 16.3 Å². The third kappa shape index (κ3) is 7.64. The van der Waals surface area contributed by atoms with E-state index in [1.54, 1.807) is 30.5 Å². The zero-order chi connectivity index (χ0) is 34.5. The number of rotatable bonds is 11. The molecular formula is C40H39N5O3S. The van der Waals surface area contributed by atoms with E-state index >= 15 is 0 Å². The van der Waals surface area contributed by atoms with Gasteiger partial charge in [-0.2, -0.15) is 11.3 Å². The zero-order valence-electron chi connectivity index (χ0n) is 27.7. The molecule has 8 nitrogen and oxygen atoms in total. The minimum atomic E-state index is -1.06. The number of hydrogen-bond donors (Lipinski definition) is 3. The highest BCUT2D eigenvalue weighted by Crippen LogP contribution is 2.25. The largest absolute Gasteiger partial charge is 0.373 e. The van der Waals surface area contributed by atoms with Crippen molar-refractivity contribution in [2.75, 3.05) is 12.4 Å². The van der Waals surface area contributed by atoms with Gasteiger partial charge in [-0.3, -0.25) is 14.4 Å². The molecule has 0 saturated heterocycles.